The number of rotatable bonds is 2. The van der Waals surface area contributed by atoms with E-state index in [2.05, 4.69) is 225 Å². The Bertz CT molecular complexity index is 3860. The highest BCUT2D eigenvalue weighted by Crippen LogP contribution is 2.61. The van der Waals surface area contributed by atoms with Crippen LogP contribution in [-0.2, 0) is 21.7 Å². The zero-order valence-corrected chi connectivity index (χ0v) is 39.2. The average molecular weight is 845 g/mol. The minimum absolute atomic E-state index is 0.0639. The van der Waals surface area contributed by atoms with E-state index in [1.165, 1.54) is 144 Å². The molecule has 0 radical (unpaired) electrons. The fourth-order valence-corrected chi connectivity index (χ4v) is 14.0. The number of hydrogen-bond acceptors (Lipinski definition) is 0. The van der Waals surface area contributed by atoms with E-state index in [-0.39, 0.29) is 21.7 Å². The Morgan fingerprint density at radius 3 is 1.24 bits per heavy atom. The predicted molar refractivity (Wildman–Crippen MR) is 280 cm³/mol. The molecule has 4 aliphatic carbocycles. The molecule has 10 aromatic carbocycles. The fourth-order valence-electron chi connectivity index (χ4n) is 14.0. The highest BCUT2D eigenvalue weighted by atomic mass is 14.5. The number of fused-ring (bicyclic) bond motifs is 18. The Morgan fingerprint density at radius 2 is 0.636 bits per heavy atom. The third-order valence-electron chi connectivity index (χ3n) is 17.2. The summed E-state index contributed by atoms with van der Waals surface area (Å²) < 4.78 is 0. The van der Waals surface area contributed by atoms with Crippen LogP contribution in [0.5, 0.6) is 0 Å². The molecule has 66 heavy (non-hydrogen) atoms. The summed E-state index contributed by atoms with van der Waals surface area (Å²) in [4.78, 5) is 0. The molecule has 14 rings (SSSR count). The summed E-state index contributed by atoms with van der Waals surface area (Å²) in [5.74, 6) is 0. The summed E-state index contributed by atoms with van der Waals surface area (Å²) >= 11 is 0. The lowest BCUT2D eigenvalue weighted by Gasteiger charge is -2.27. The van der Waals surface area contributed by atoms with Gasteiger partial charge in [0.25, 0.3) is 0 Å². The average Bonchev–Trinajstić information content (AvgIpc) is 3.90. The van der Waals surface area contributed by atoms with Crippen LogP contribution in [0.25, 0.3) is 99.1 Å². The van der Waals surface area contributed by atoms with Crippen LogP contribution < -0.4 is 0 Å². The SMILES string of the molecule is CC1(C)c2cc(-c3cc4c(c5ccccc35)C(C)(C)c3ccccc3-4)ccc2-c2cc3c(cc21)C(C)(C)c1cc(-c2cc4c(c5ccccc25)C(C)(C)c2ccccc2-4)c2ccccc2c1-3. The Labute approximate surface area is 388 Å². The van der Waals surface area contributed by atoms with E-state index >= 15 is 0 Å². The number of benzene rings is 10. The second-order valence-electron chi connectivity index (χ2n) is 22.0. The fraction of sp³-hybridized carbons (Fsp3) is 0.182. The van der Waals surface area contributed by atoms with Gasteiger partial charge in [-0.25, -0.2) is 0 Å². The Hall–Kier alpha value is -7.02. The molecule has 0 heterocycles. The zero-order valence-electron chi connectivity index (χ0n) is 39.2. The van der Waals surface area contributed by atoms with Crippen LogP contribution in [-0.4, -0.2) is 0 Å². The molecule has 0 spiro atoms. The molecule has 0 atom stereocenters. The highest BCUT2D eigenvalue weighted by molar-refractivity contribution is 6.15. The van der Waals surface area contributed by atoms with Gasteiger partial charge in [-0.3, -0.25) is 0 Å². The van der Waals surface area contributed by atoms with Crippen molar-refractivity contribution in [2.24, 2.45) is 0 Å². The van der Waals surface area contributed by atoms with Crippen molar-refractivity contribution in [2.75, 3.05) is 0 Å². The van der Waals surface area contributed by atoms with Crippen molar-refractivity contribution >= 4 is 32.3 Å². The summed E-state index contributed by atoms with van der Waals surface area (Å²) in [6, 6.07) is 65.8. The molecule has 0 aromatic heterocycles. The van der Waals surface area contributed by atoms with E-state index in [1.807, 2.05) is 0 Å². The highest BCUT2D eigenvalue weighted by Gasteiger charge is 2.44. The Morgan fingerprint density at radius 1 is 0.227 bits per heavy atom. The lowest BCUT2D eigenvalue weighted by atomic mass is 9.76. The zero-order chi connectivity index (χ0) is 44.8. The Kier molecular flexibility index (Phi) is 7.22. The molecule has 0 saturated heterocycles. The minimum atomic E-state index is -0.205. The van der Waals surface area contributed by atoms with E-state index < -0.39 is 0 Å². The molecule has 0 N–H and O–H groups in total. The lowest BCUT2D eigenvalue weighted by molar-refractivity contribution is 0.639. The van der Waals surface area contributed by atoms with Crippen LogP contribution in [0.4, 0.5) is 0 Å². The second kappa shape index (κ2) is 12.4. The first-order chi connectivity index (χ1) is 31.8. The van der Waals surface area contributed by atoms with Gasteiger partial charge in [0.05, 0.1) is 0 Å². The van der Waals surface area contributed by atoms with Gasteiger partial charge < -0.3 is 0 Å². The molecule has 0 bridgehead atoms. The van der Waals surface area contributed by atoms with Gasteiger partial charge in [0.1, 0.15) is 0 Å². The van der Waals surface area contributed by atoms with Gasteiger partial charge in [-0.2, -0.15) is 0 Å². The van der Waals surface area contributed by atoms with Gasteiger partial charge in [-0.1, -0.05) is 195 Å². The topological polar surface area (TPSA) is 0 Å². The second-order valence-corrected chi connectivity index (χ2v) is 22.0. The van der Waals surface area contributed by atoms with Gasteiger partial charge in [0.2, 0.25) is 0 Å². The van der Waals surface area contributed by atoms with Crippen molar-refractivity contribution in [1.82, 2.24) is 0 Å². The third-order valence-corrected chi connectivity index (χ3v) is 17.2. The standard InChI is InChI=1S/C66H52/c1-63(2)56-31-37(47-32-51-41-22-15-17-27-54(41)65(5,6)61(51)45-25-13-10-20-39(45)47)29-30-43(56)50-34-53-58(36-57(50)63)64(3,4)59-35-49(38-19-9-12-24-44(38)60(53)59)48-33-52-42-23-16-18-28-55(42)66(7,8)62(52)46-26-14-11-21-40(46)48/h9-36H,1-8H3. The van der Waals surface area contributed by atoms with Gasteiger partial charge in [-0.15, -0.1) is 0 Å². The molecule has 316 valence electrons. The van der Waals surface area contributed by atoms with Crippen LogP contribution in [0.1, 0.15) is 99.9 Å². The summed E-state index contributed by atoms with van der Waals surface area (Å²) in [6.45, 7) is 19.4. The van der Waals surface area contributed by atoms with E-state index in [9.17, 15) is 0 Å². The van der Waals surface area contributed by atoms with Gasteiger partial charge >= 0.3 is 0 Å². The molecule has 0 heteroatoms. The van der Waals surface area contributed by atoms with E-state index in [0.717, 1.165) is 0 Å². The van der Waals surface area contributed by atoms with E-state index in [4.69, 9.17) is 0 Å². The summed E-state index contributed by atoms with van der Waals surface area (Å²) in [5, 5.41) is 8.03. The van der Waals surface area contributed by atoms with E-state index in [1.54, 1.807) is 0 Å². The summed E-state index contributed by atoms with van der Waals surface area (Å²) in [7, 11) is 0. The quantitative estimate of drug-likeness (QED) is 0.163. The van der Waals surface area contributed by atoms with Gasteiger partial charge in [-0.05, 0) is 174 Å². The van der Waals surface area contributed by atoms with Crippen LogP contribution in [0.3, 0.4) is 0 Å². The predicted octanol–water partition coefficient (Wildman–Crippen LogP) is 17.7. The first kappa shape index (κ1) is 38.3. The molecular weight excluding hydrogens is 793 g/mol. The minimum Gasteiger partial charge on any atom is -0.0619 e. The number of hydrogen-bond donors (Lipinski definition) is 0. The largest absolute Gasteiger partial charge is 0.0619 e. The van der Waals surface area contributed by atoms with Gasteiger partial charge in [0, 0.05) is 21.7 Å². The summed E-state index contributed by atoms with van der Waals surface area (Å²) in [6.07, 6.45) is 0. The molecule has 0 aliphatic heterocycles. The van der Waals surface area contributed by atoms with Crippen LogP contribution in [0, 0.1) is 0 Å². The molecule has 0 fully saturated rings. The molecule has 0 unspecified atom stereocenters. The van der Waals surface area contributed by atoms with Crippen LogP contribution in [0.2, 0.25) is 0 Å². The van der Waals surface area contributed by atoms with Crippen molar-refractivity contribution in [2.45, 2.75) is 77.0 Å². The Balaban J connectivity index is 0.956. The lowest BCUT2D eigenvalue weighted by Crippen LogP contribution is -2.19. The molecule has 10 aromatic rings. The third kappa shape index (κ3) is 4.60. The molecule has 0 nitrogen and oxygen atoms in total. The van der Waals surface area contributed by atoms with Crippen molar-refractivity contribution in [3.8, 4) is 66.8 Å². The van der Waals surface area contributed by atoms with E-state index in [0.29, 0.717) is 0 Å². The van der Waals surface area contributed by atoms with Gasteiger partial charge in [0.15, 0.2) is 0 Å². The molecular formula is C66H52. The molecule has 0 saturated carbocycles. The maximum Gasteiger partial charge on any atom is 0.0165 e. The summed E-state index contributed by atoms with van der Waals surface area (Å²) in [5.41, 5.74) is 27.1. The smallest absolute Gasteiger partial charge is 0.0165 e. The van der Waals surface area contributed by atoms with Crippen molar-refractivity contribution in [3.63, 3.8) is 0 Å². The first-order valence-corrected chi connectivity index (χ1v) is 24.0. The molecule has 4 aliphatic rings. The monoisotopic (exact) mass is 844 g/mol. The first-order valence-electron chi connectivity index (χ1n) is 24.0. The van der Waals surface area contributed by atoms with Crippen molar-refractivity contribution in [1.29, 1.82) is 0 Å². The van der Waals surface area contributed by atoms with Crippen molar-refractivity contribution < 1.29 is 0 Å². The van der Waals surface area contributed by atoms with Crippen LogP contribution in [0.15, 0.2) is 170 Å². The maximum absolute atomic E-state index is 2.60. The molecule has 0 amide bonds. The van der Waals surface area contributed by atoms with Crippen LogP contribution >= 0.6 is 0 Å². The normalized spacial score (nSPS) is 16.7. The maximum atomic E-state index is 2.60. The van der Waals surface area contributed by atoms with Crippen molar-refractivity contribution in [3.05, 3.63) is 214 Å².